The average molecular weight is 536 g/mol. The van der Waals surface area contributed by atoms with E-state index in [1.807, 2.05) is 6.08 Å². The topological polar surface area (TPSA) is 123 Å². The second-order valence-electron chi connectivity index (χ2n) is 9.29. The zero-order chi connectivity index (χ0) is 27.9. The number of fused-ring (bicyclic) bond motifs is 1. The van der Waals surface area contributed by atoms with Crippen molar-refractivity contribution in [3.8, 4) is 11.3 Å². The largest absolute Gasteiger partial charge is 0.419 e. The molecular weight excluding hydrogens is 511 g/mol. The number of hydrogen-bond acceptors (Lipinski definition) is 5. The van der Waals surface area contributed by atoms with Crippen molar-refractivity contribution in [1.82, 2.24) is 29.6 Å². The van der Waals surface area contributed by atoms with Crippen molar-refractivity contribution in [2.45, 2.75) is 25.1 Å². The van der Waals surface area contributed by atoms with Crippen LogP contribution in [-0.4, -0.2) is 54.5 Å². The summed E-state index contributed by atoms with van der Waals surface area (Å²) in [6.07, 6.45) is 4.20. The first kappa shape index (κ1) is 25.9. The Morgan fingerprint density at radius 1 is 1.21 bits per heavy atom. The van der Waals surface area contributed by atoms with E-state index in [0.717, 1.165) is 5.57 Å². The number of carbonyl (C=O) groups is 2. The molecule has 0 spiro atoms. The predicted molar refractivity (Wildman–Crippen MR) is 138 cm³/mol. The lowest BCUT2D eigenvalue weighted by Crippen LogP contribution is -2.46. The number of hydrogen-bond donors (Lipinski definition) is 2. The highest BCUT2D eigenvalue weighted by Gasteiger charge is 2.43. The molecule has 3 aromatic heterocycles. The van der Waals surface area contributed by atoms with E-state index in [1.165, 1.54) is 30.1 Å². The number of aromatic amines is 1. The van der Waals surface area contributed by atoms with Gasteiger partial charge in [0.05, 0.1) is 11.9 Å². The molecular formula is C27H24F3N7O2. The van der Waals surface area contributed by atoms with Gasteiger partial charge in [-0.2, -0.15) is 18.3 Å². The molecule has 5 rings (SSSR count). The van der Waals surface area contributed by atoms with Crippen LogP contribution in [0.2, 0.25) is 0 Å². The standard InChI is InChI=1S/C27H24F3N7O2/c1-3-22(38)36-10-6-7-16(14-36)17-11-34-37(15-17)26(2,24(31)39)25-33-13-20(27(28,29)30)23(35-25)19-12-32-21-9-5-4-8-18(19)21/h3-5,7-9,11-13,15,32H,1,6,10,14H2,2H3,(H2,31,39). The van der Waals surface area contributed by atoms with Gasteiger partial charge < -0.3 is 15.6 Å². The number of primary amides is 1. The number of nitrogens with one attached hydrogen (secondary N) is 1. The zero-order valence-corrected chi connectivity index (χ0v) is 20.9. The molecule has 4 aromatic rings. The Morgan fingerprint density at radius 2 is 1.97 bits per heavy atom. The normalized spacial score (nSPS) is 15.6. The molecule has 0 fully saturated rings. The number of aromatic nitrogens is 5. The second kappa shape index (κ2) is 9.53. The van der Waals surface area contributed by atoms with Gasteiger partial charge in [0.1, 0.15) is 5.56 Å². The van der Waals surface area contributed by atoms with Crippen LogP contribution < -0.4 is 5.73 Å². The van der Waals surface area contributed by atoms with Gasteiger partial charge >= 0.3 is 6.18 Å². The number of halogens is 3. The third kappa shape index (κ3) is 4.47. The highest BCUT2D eigenvalue weighted by molar-refractivity contribution is 5.95. The van der Waals surface area contributed by atoms with Crippen molar-refractivity contribution in [2.24, 2.45) is 5.73 Å². The van der Waals surface area contributed by atoms with Crippen LogP contribution in [0.3, 0.4) is 0 Å². The Bertz CT molecular complexity index is 1640. The summed E-state index contributed by atoms with van der Waals surface area (Å²) < 4.78 is 43.3. The third-order valence-corrected chi connectivity index (χ3v) is 6.90. The van der Waals surface area contributed by atoms with Crippen molar-refractivity contribution in [3.63, 3.8) is 0 Å². The minimum absolute atomic E-state index is 0.203. The molecule has 0 aliphatic carbocycles. The number of rotatable bonds is 6. The van der Waals surface area contributed by atoms with E-state index >= 15 is 0 Å². The van der Waals surface area contributed by atoms with E-state index in [2.05, 4.69) is 26.6 Å². The molecule has 1 aliphatic rings. The van der Waals surface area contributed by atoms with E-state index in [4.69, 9.17) is 5.73 Å². The number of benzene rings is 1. The maximum atomic E-state index is 14.0. The molecule has 4 heterocycles. The van der Waals surface area contributed by atoms with Crippen LogP contribution in [0.4, 0.5) is 13.2 Å². The molecule has 12 heteroatoms. The van der Waals surface area contributed by atoms with Crippen molar-refractivity contribution in [1.29, 1.82) is 0 Å². The number of nitrogens with zero attached hydrogens (tertiary/aromatic N) is 5. The van der Waals surface area contributed by atoms with Gasteiger partial charge in [-0.25, -0.2) is 14.6 Å². The number of amides is 2. The third-order valence-electron chi connectivity index (χ3n) is 6.90. The van der Waals surface area contributed by atoms with Crippen molar-refractivity contribution in [3.05, 3.63) is 84.7 Å². The zero-order valence-electron chi connectivity index (χ0n) is 20.9. The molecule has 0 bridgehead atoms. The van der Waals surface area contributed by atoms with Gasteiger partial charge in [0, 0.05) is 53.7 Å². The minimum atomic E-state index is -4.75. The summed E-state index contributed by atoms with van der Waals surface area (Å²) in [7, 11) is 0. The van der Waals surface area contributed by atoms with E-state index in [-0.39, 0.29) is 17.3 Å². The summed E-state index contributed by atoms with van der Waals surface area (Å²) in [6.45, 7) is 5.77. The lowest BCUT2D eigenvalue weighted by Gasteiger charge is -2.27. The molecule has 200 valence electrons. The first-order valence-electron chi connectivity index (χ1n) is 12.0. The summed E-state index contributed by atoms with van der Waals surface area (Å²) in [5.74, 6) is -1.38. The Hall–Kier alpha value is -4.74. The lowest BCUT2D eigenvalue weighted by atomic mass is 9.98. The number of alkyl halides is 3. The van der Waals surface area contributed by atoms with Crippen molar-refractivity contribution < 1.29 is 22.8 Å². The van der Waals surface area contributed by atoms with Gasteiger partial charge in [0.15, 0.2) is 11.4 Å². The lowest BCUT2D eigenvalue weighted by molar-refractivity contribution is -0.137. The number of nitrogens with two attached hydrogens (primary N) is 1. The van der Waals surface area contributed by atoms with Gasteiger partial charge in [-0.15, -0.1) is 0 Å². The fourth-order valence-electron chi connectivity index (χ4n) is 4.63. The van der Waals surface area contributed by atoms with Crippen LogP contribution in [0.1, 0.15) is 30.3 Å². The quantitative estimate of drug-likeness (QED) is 0.363. The molecule has 1 atom stereocenters. The molecule has 2 amide bonds. The summed E-state index contributed by atoms with van der Waals surface area (Å²) in [5.41, 5.74) is 4.77. The fourth-order valence-corrected chi connectivity index (χ4v) is 4.63. The molecule has 1 aliphatic heterocycles. The maximum absolute atomic E-state index is 14.0. The van der Waals surface area contributed by atoms with Gasteiger partial charge in [-0.1, -0.05) is 30.9 Å². The van der Waals surface area contributed by atoms with Gasteiger partial charge in [-0.05, 0) is 31.1 Å². The SMILES string of the molecule is C=CC(=O)N1CCC=C(c2cnn(C(C)(C(N)=O)c3ncc(C(F)(F)F)c(-c4c[nH]c5ccccc45)n3)c2)C1. The average Bonchev–Trinajstić information content (AvgIpc) is 3.59. The van der Waals surface area contributed by atoms with Crippen LogP contribution >= 0.6 is 0 Å². The monoisotopic (exact) mass is 535 g/mol. The van der Waals surface area contributed by atoms with E-state index < -0.39 is 28.9 Å². The van der Waals surface area contributed by atoms with E-state index in [9.17, 15) is 22.8 Å². The van der Waals surface area contributed by atoms with Crippen LogP contribution in [0.15, 0.2) is 67.8 Å². The Labute approximate surface area is 220 Å². The van der Waals surface area contributed by atoms with Crippen LogP contribution in [0.5, 0.6) is 0 Å². The molecule has 0 saturated carbocycles. The molecule has 1 aromatic carbocycles. The molecule has 0 radical (unpaired) electrons. The maximum Gasteiger partial charge on any atom is 0.419 e. The van der Waals surface area contributed by atoms with Crippen molar-refractivity contribution >= 4 is 28.3 Å². The number of carbonyl (C=O) groups excluding carboxylic acids is 2. The van der Waals surface area contributed by atoms with Gasteiger partial charge in [0.2, 0.25) is 5.91 Å². The molecule has 0 saturated heterocycles. The highest BCUT2D eigenvalue weighted by atomic mass is 19.4. The molecule has 1 unspecified atom stereocenters. The van der Waals surface area contributed by atoms with Crippen LogP contribution in [0, 0.1) is 0 Å². The first-order chi connectivity index (χ1) is 18.5. The summed E-state index contributed by atoms with van der Waals surface area (Å²) >= 11 is 0. The fraction of sp³-hybridized carbons (Fsp3) is 0.222. The summed E-state index contributed by atoms with van der Waals surface area (Å²) in [5, 5.41) is 4.83. The van der Waals surface area contributed by atoms with Crippen molar-refractivity contribution in [2.75, 3.05) is 13.1 Å². The molecule has 3 N–H and O–H groups in total. The predicted octanol–water partition coefficient (Wildman–Crippen LogP) is 3.89. The minimum Gasteiger partial charge on any atom is -0.367 e. The molecule has 39 heavy (non-hydrogen) atoms. The Balaban J connectivity index is 1.61. The summed E-state index contributed by atoms with van der Waals surface area (Å²) in [6, 6.07) is 6.87. The molecule has 9 nitrogen and oxygen atoms in total. The number of para-hydroxylation sites is 1. The van der Waals surface area contributed by atoms with E-state index in [0.29, 0.717) is 42.2 Å². The Morgan fingerprint density at radius 3 is 2.69 bits per heavy atom. The first-order valence-corrected chi connectivity index (χ1v) is 12.0. The van der Waals surface area contributed by atoms with Crippen LogP contribution in [-0.2, 0) is 21.3 Å². The van der Waals surface area contributed by atoms with Crippen LogP contribution in [0.25, 0.3) is 27.7 Å². The van der Waals surface area contributed by atoms with Gasteiger partial charge in [0.25, 0.3) is 5.91 Å². The van der Waals surface area contributed by atoms with E-state index in [1.54, 1.807) is 35.4 Å². The number of H-pyrrole nitrogens is 1. The summed E-state index contributed by atoms with van der Waals surface area (Å²) in [4.78, 5) is 37.8. The second-order valence-corrected chi connectivity index (χ2v) is 9.29. The smallest absolute Gasteiger partial charge is 0.367 e. The highest BCUT2D eigenvalue weighted by Crippen LogP contribution is 2.39. The van der Waals surface area contributed by atoms with Gasteiger partial charge in [-0.3, -0.25) is 9.59 Å². The Kier molecular flexibility index (Phi) is 6.33.